The molecule has 2 aromatic rings. The Morgan fingerprint density at radius 2 is 1.87 bits per heavy atom. The van der Waals surface area contributed by atoms with E-state index in [2.05, 4.69) is 25.3 Å². The lowest BCUT2D eigenvalue weighted by atomic mass is 10.3. The summed E-state index contributed by atoms with van der Waals surface area (Å²) in [6.45, 7) is 3.57. The number of nitrogens with two attached hydrogens (primary N) is 2. The van der Waals surface area contributed by atoms with E-state index in [1.54, 1.807) is 13.8 Å². The van der Waals surface area contributed by atoms with Crippen LogP contribution in [-0.2, 0) is 0 Å². The predicted octanol–water partition coefficient (Wildman–Crippen LogP) is 1.75. The molecule has 1 aromatic carbocycles. The number of carbonyl (C=O) groups excluding carboxylic acids is 1. The summed E-state index contributed by atoms with van der Waals surface area (Å²) in [5.41, 5.74) is 12.0. The molecule has 0 fully saturated rings. The number of amides is 1. The standard InChI is InChI=1S/C15H17N7O/c1-9(2)19-13-12(14(23)22-15(16)17)21-11(8-18-13)20-10-6-4-3-5-7-10/h3-8H,1-2H3,(H,20,21)(H4,16,17,22,23). The molecule has 0 bridgehead atoms. The van der Waals surface area contributed by atoms with Crippen molar-refractivity contribution in [1.82, 2.24) is 9.97 Å². The number of hydrogen-bond acceptors (Lipinski definition) is 5. The average Bonchev–Trinajstić information content (AvgIpc) is 2.48. The minimum absolute atomic E-state index is 0.0273. The first kappa shape index (κ1) is 16.1. The van der Waals surface area contributed by atoms with Crippen molar-refractivity contribution in [2.75, 3.05) is 5.32 Å². The van der Waals surface area contributed by atoms with Crippen LogP contribution in [0.15, 0.2) is 46.5 Å². The van der Waals surface area contributed by atoms with E-state index >= 15 is 0 Å². The zero-order valence-corrected chi connectivity index (χ0v) is 12.8. The first-order valence-corrected chi connectivity index (χ1v) is 6.80. The summed E-state index contributed by atoms with van der Waals surface area (Å²) in [4.78, 5) is 28.2. The minimum Gasteiger partial charge on any atom is -0.370 e. The van der Waals surface area contributed by atoms with Crippen LogP contribution in [0, 0.1) is 0 Å². The van der Waals surface area contributed by atoms with Gasteiger partial charge >= 0.3 is 5.91 Å². The highest BCUT2D eigenvalue weighted by molar-refractivity contribution is 6.04. The van der Waals surface area contributed by atoms with Gasteiger partial charge in [-0.05, 0) is 26.0 Å². The lowest BCUT2D eigenvalue weighted by molar-refractivity contribution is 0.0998. The number of nitrogens with one attached hydrogen (secondary N) is 1. The molecule has 118 valence electrons. The molecule has 0 saturated carbocycles. The Balaban J connectivity index is 2.42. The van der Waals surface area contributed by atoms with E-state index in [-0.39, 0.29) is 17.5 Å². The van der Waals surface area contributed by atoms with Crippen LogP contribution in [0.25, 0.3) is 0 Å². The van der Waals surface area contributed by atoms with E-state index in [0.717, 1.165) is 11.4 Å². The molecule has 0 unspecified atom stereocenters. The molecule has 0 atom stereocenters. The smallest absolute Gasteiger partial charge is 0.302 e. The van der Waals surface area contributed by atoms with Crippen LogP contribution < -0.4 is 16.8 Å². The van der Waals surface area contributed by atoms with Gasteiger partial charge in [0, 0.05) is 11.4 Å². The first-order chi connectivity index (χ1) is 11.0. The molecule has 5 N–H and O–H groups in total. The van der Waals surface area contributed by atoms with E-state index in [0.29, 0.717) is 5.82 Å². The Kier molecular flexibility index (Phi) is 4.98. The minimum atomic E-state index is -0.700. The summed E-state index contributed by atoms with van der Waals surface area (Å²) in [6, 6.07) is 9.37. The summed E-state index contributed by atoms with van der Waals surface area (Å²) in [7, 11) is 0. The van der Waals surface area contributed by atoms with Crippen molar-refractivity contribution in [3.63, 3.8) is 0 Å². The molecule has 1 amide bonds. The number of nitrogens with zero attached hydrogens (tertiary/aromatic N) is 4. The maximum absolute atomic E-state index is 12.1. The van der Waals surface area contributed by atoms with E-state index in [1.807, 2.05) is 30.3 Å². The van der Waals surface area contributed by atoms with Crippen LogP contribution in [0.3, 0.4) is 0 Å². The highest BCUT2D eigenvalue weighted by atomic mass is 16.1. The lowest BCUT2D eigenvalue weighted by Gasteiger charge is -2.07. The van der Waals surface area contributed by atoms with Gasteiger partial charge in [0.15, 0.2) is 17.5 Å². The zero-order chi connectivity index (χ0) is 16.8. The number of aromatic nitrogens is 2. The van der Waals surface area contributed by atoms with Gasteiger partial charge in [-0.2, -0.15) is 4.99 Å². The molecule has 8 heteroatoms. The summed E-state index contributed by atoms with van der Waals surface area (Å²) in [5, 5.41) is 3.05. The Hall–Kier alpha value is -3.29. The van der Waals surface area contributed by atoms with Crippen LogP contribution in [0.4, 0.5) is 17.3 Å². The fourth-order valence-corrected chi connectivity index (χ4v) is 1.72. The monoisotopic (exact) mass is 311 g/mol. The van der Waals surface area contributed by atoms with Crippen molar-refractivity contribution in [1.29, 1.82) is 0 Å². The molecule has 0 aliphatic rings. The molecule has 0 radical (unpaired) electrons. The number of aliphatic imine (C=N–C) groups is 2. The van der Waals surface area contributed by atoms with Gasteiger partial charge < -0.3 is 16.8 Å². The number of benzene rings is 1. The molecule has 0 aliphatic carbocycles. The maximum Gasteiger partial charge on any atom is 0.302 e. The number of guanidine groups is 1. The summed E-state index contributed by atoms with van der Waals surface area (Å²) < 4.78 is 0. The maximum atomic E-state index is 12.1. The third kappa shape index (κ3) is 4.60. The predicted molar refractivity (Wildman–Crippen MR) is 90.3 cm³/mol. The van der Waals surface area contributed by atoms with Crippen molar-refractivity contribution in [3.05, 3.63) is 42.2 Å². The second-order valence-electron chi connectivity index (χ2n) is 4.82. The molecule has 0 aliphatic heterocycles. The number of para-hydroxylation sites is 1. The second-order valence-corrected chi connectivity index (χ2v) is 4.82. The Bertz CT molecular complexity index is 761. The van der Waals surface area contributed by atoms with Crippen molar-refractivity contribution >= 4 is 34.9 Å². The van der Waals surface area contributed by atoms with Crippen molar-refractivity contribution in [2.45, 2.75) is 13.8 Å². The van der Waals surface area contributed by atoms with E-state index in [1.165, 1.54) is 6.20 Å². The van der Waals surface area contributed by atoms with Gasteiger partial charge in [0.2, 0.25) is 0 Å². The summed E-state index contributed by atoms with van der Waals surface area (Å²) in [5.74, 6) is -0.493. The number of rotatable bonds is 4. The van der Waals surface area contributed by atoms with Crippen molar-refractivity contribution in [3.8, 4) is 0 Å². The number of carbonyl (C=O) groups is 1. The van der Waals surface area contributed by atoms with Gasteiger partial charge in [-0.3, -0.25) is 4.79 Å². The van der Waals surface area contributed by atoms with Crippen molar-refractivity contribution < 1.29 is 4.79 Å². The quantitative estimate of drug-likeness (QED) is 0.582. The highest BCUT2D eigenvalue weighted by Gasteiger charge is 2.15. The lowest BCUT2D eigenvalue weighted by Crippen LogP contribution is -2.24. The molecule has 8 nitrogen and oxygen atoms in total. The SMILES string of the molecule is CC(C)=Nc1ncc(Nc2ccccc2)nc1C(=O)N=C(N)N. The van der Waals surface area contributed by atoms with Gasteiger partial charge in [0.1, 0.15) is 5.82 Å². The Labute approximate surface area is 133 Å². The molecule has 0 spiro atoms. The van der Waals surface area contributed by atoms with Crippen LogP contribution in [0.1, 0.15) is 24.3 Å². The first-order valence-electron chi connectivity index (χ1n) is 6.80. The fraction of sp³-hybridized carbons (Fsp3) is 0.133. The molecular formula is C15H17N7O. The Morgan fingerprint density at radius 1 is 1.17 bits per heavy atom. The van der Waals surface area contributed by atoms with Gasteiger partial charge in [-0.25, -0.2) is 15.0 Å². The van der Waals surface area contributed by atoms with E-state index in [9.17, 15) is 4.79 Å². The number of hydrogen-bond donors (Lipinski definition) is 3. The molecular weight excluding hydrogens is 294 g/mol. The van der Waals surface area contributed by atoms with Crippen LogP contribution >= 0.6 is 0 Å². The second kappa shape index (κ2) is 7.12. The van der Waals surface area contributed by atoms with Gasteiger partial charge in [0.25, 0.3) is 0 Å². The summed E-state index contributed by atoms with van der Waals surface area (Å²) >= 11 is 0. The molecule has 1 aromatic heterocycles. The summed E-state index contributed by atoms with van der Waals surface area (Å²) in [6.07, 6.45) is 1.49. The normalized spacial score (nSPS) is 9.83. The molecule has 1 heterocycles. The molecule has 23 heavy (non-hydrogen) atoms. The van der Waals surface area contributed by atoms with Crippen LogP contribution in [-0.4, -0.2) is 27.5 Å². The van der Waals surface area contributed by atoms with Crippen LogP contribution in [0.2, 0.25) is 0 Å². The zero-order valence-electron chi connectivity index (χ0n) is 12.8. The van der Waals surface area contributed by atoms with E-state index in [4.69, 9.17) is 11.5 Å². The van der Waals surface area contributed by atoms with E-state index < -0.39 is 5.91 Å². The van der Waals surface area contributed by atoms with Gasteiger partial charge in [-0.15, -0.1) is 0 Å². The van der Waals surface area contributed by atoms with Gasteiger partial charge in [-0.1, -0.05) is 18.2 Å². The third-order valence-electron chi connectivity index (χ3n) is 2.56. The molecule has 0 saturated heterocycles. The van der Waals surface area contributed by atoms with Crippen LogP contribution in [0.5, 0.6) is 0 Å². The highest BCUT2D eigenvalue weighted by Crippen LogP contribution is 2.20. The average molecular weight is 311 g/mol. The Morgan fingerprint density at radius 3 is 2.48 bits per heavy atom. The molecule has 2 rings (SSSR count). The topological polar surface area (TPSA) is 132 Å². The third-order valence-corrected chi connectivity index (χ3v) is 2.56. The van der Waals surface area contributed by atoms with Crippen molar-refractivity contribution in [2.24, 2.45) is 21.5 Å². The number of anilines is 2. The fourth-order valence-electron chi connectivity index (χ4n) is 1.72. The largest absolute Gasteiger partial charge is 0.370 e. The van der Waals surface area contributed by atoms with Gasteiger partial charge in [0.05, 0.1) is 6.20 Å².